The van der Waals surface area contributed by atoms with Crippen molar-refractivity contribution in [2.45, 2.75) is 19.4 Å². The Kier molecular flexibility index (Phi) is 3.89. The number of pyridine rings is 1. The van der Waals surface area contributed by atoms with E-state index in [2.05, 4.69) is 21.3 Å². The molecule has 21 heavy (non-hydrogen) atoms. The number of rotatable bonds is 4. The van der Waals surface area contributed by atoms with Crippen LogP contribution >= 0.6 is 0 Å². The van der Waals surface area contributed by atoms with Gasteiger partial charge in [-0.1, -0.05) is 0 Å². The van der Waals surface area contributed by atoms with Gasteiger partial charge < -0.3 is 10.4 Å². The molecule has 1 unspecified atom stereocenters. The number of carboxylic acids is 1. The van der Waals surface area contributed by atoms with Crippen LogP contribution in [0.2, 0.25) is 0 Å². The lowest BCUT2D eigenvalue weighted by molar-refractivity contribution is -0.139. The van der Waals surface area contributed by atoms with Crippen molar-refractivity contribution in [3.05, 3.63) is 23.5 Å². The summed E-state index contributed by atoms with van der Waals surface area (Å²) in [5.41, 5.74) is 1.66. The molecule has 7 nitrogen and oxygen atoms in total. The van der Waals surface area contributed by atoms with Crippen LogP contribution in [0, 0.1) is 19.3 Å². The first-order chi connectivity index (χ1) is 9.93. The van der Waals surface area contributed by atoms with Gasteiger partial charge in [-0.3, -0.25) is 9.48 Å². The van der Waals surface area contributed by atoms with E-state index in [4.69, 9.17) is 11.5 Å². The van der Waals surface area contributed by atoms with Crippen molar-refractivity contribution in [3.63, 3.8) is 0 Å². The number of hydrogen-bond acceptors (Lipinski definition) is 4. The van der Waals surface area contributed by atoms with Gasteiger partial charge >= 0.3 is 5.97 Å². The van der Waals surface area contributed by atoms with E-state index in [1.165, 1.54) is 6.20 Å². The van der Waals surface area contributed by atoms with Gasteiger partial charge in [0.05, 0.1) is 11.3 Å². The molecule has 1 amide bonds. The van der Waals surface area contributed by atoms with Crippen LogP contribution in [0.25, 0.3) is 11.0 Å². The average molecular weight is 286 g/mol. The molecule has 0 saturated carbocycles. The Morgan fingerprint density at radius 1 is 1.57 bits per heavy atom. The molecule has 2 rings (SSSR count). The molecule has 0 spiro atoms. The molecule has 2 aromatic heterocycles. The number of amides is 1. The molecule has 2 N–H and O–H groups in total. The maximum absolute atomic E-state index is 12.1. The maximum Gasteiger partial charge on any atom is 0.327 e. The van der Waals surface area contributed by atoms with Crippen LogP contribution in [0.3, 0.4) is 0 Å². The van der Waals surface area contributed by atoms with E-state index in [1.54, 1.807) is 17.8 Å². The Labute approximate surface area is 121 Å². The molecule has 0 fully saturated rings. The second-order valence-corrected chi connectivity index (χ2v) is 4.58. The minimum Gasteiger partial charge on any atom is -0.480 e. The smallest absolute Gasteiger partial charge is 0.327 e. The van der Waals surface area contributed by atoms with Crippen LogP contribution in [0.1, 0.15) is 22.5 Å². The zero-order chi connectivity index (χ0) is 15.6. The monoisotopic (exact) mass is 286 g/mol. The molecule has 0 aromatic carbocycles. The first-order valence-electron chi connectivity index (χ1n) is 6.20. The molecule has 0 saturated heterocycles. The van der Waals surface area contributed by atoms with E-state index in [-0.39, 0.29) is 12.0 Å². The van der Waals surface area contributed by atoms with E-state index in [9.17, 15) is 9.59 Å². The van der Waals surface area contributed by atoms with Crippen molar-refractivity contribution in [1.29, 1.82) is 0 Å². The summed E-state index contributed by atoms with van der Waals surface area (Å²) < 4.78 is 1.62. The predicted octanol–water partition coefficient (Wildman–Crippen LogP) is 0.483. The molecule has 0 aliphatic heterocycles. The lowest BCUT2D eigenvalue weighted by atomic mass is 10.1. The third kappa shape index (κ3) is 2.84. The number of aliphatic carboxylic acids is 1. The second kappa shape index (κ2) is 5.63. The van der Waals surface area contributed by atoms with E-state index >= 15 is 0 Å². The highest BCUT2D eigenvalue weighted by atomic mass is 16.4. The number of fused-ring (bicyclic) bond motifs is 1. The zero-order valence-electron chi connectivity index (χ0n) is 11.6. The fourth-order valence-electron chi connectivity index (χ4n) is 1.99. The number of carbonyl (C=O) groups excluding carboxylic acids is 1. The molecule has 1 atom stereocenters. The quantitative estimate of drug-likeness (QED) is 0.797. The molecule has 0 bridgehead atoms. The molecule has 7 heteroatoms. The Morgan fingerprint density at radius 2 is 2.29 bits per heavy atom. The Bertz CT molecular complexity index is 757. The number of carbonyl (C=O) groups is 2. The van der Waals surface area contributed by atoms with Gasteiger partial charge in [0.1, 0.15) is 6.04 Å². The first kappa shape index (κ1) is 14.5. The van der Waals surface area contributed by atoms with Crippen LogP contribution in [0.15, 0.2) is 12.3 Å². The number of hydrogen-bond donors (Lipinski definition) is 2. The number of carboxylic acid groups (broad SMARTS) is 1. The molecule has 0 aliphatic carbocycles. The predicted molar refractivity (Wildman–Crippen MR) is 75.6 cm³/mol. The standard InChI is InChI=1S/C14H14N4O3/c1-4-5-11(14(20)21)16-13(19)9-6-10-8(2)17-18(3)12(10)15-7-9/h1,6-7,11H,5H2,2-3H3,(H,16,19)(H,20,21). The van der Waals surface area contributed by atoms with Crippen molar-refractivity contribution in [3.8, 4) is 12.3 Å². The lowest BCUT2D eigenvalue weighted by Crippen LogP contribution is -2.40. The van der Waals surface area contributed by atoms with Crippen molar-refractivity contribution < 1.29 is 14.7 Å². The van der Waals surface area contributed by atoms with Gasteiger partial charge in [-0.25, -0.2) is 9.78 Å². The second-order valence-electron chi connectivity index (χ2n) is 4.58. The topological polar surface area (TPSA) is 97.1 Å². The highest BCUT2D eigenvalue weighted by Crippen LogP contribution is 2.16. The Morgan fingerprint density at radius 3 is 2.90 bits per heavy atom. The summed E-state index contributed by atoms with van der Waals surface area (Å²) in [6.07, 6.45) is 6.39. The molecule has 0 aliphatic rings. The van der Waals surface area contributed by atoms with E-state index in [0.29, 0.717) is 5.65 Å². The molecule has 2 aromatic rings. The SMILES string of the molecule is C#CCC(NC(=O)c1cnc2c(c1)c(C)nn2C)C(=O)O. The van der Waals surface area contributed by atoms with Gasteiger partial charge in [0.2, 0.25) is 0 Å². The van der Waals surface area contributed by atoms with Crippen molar-refractivity contribution in [2.24, 2.45) is 7.05 Å². The van der Waals surface area contributed by atoms with Gasteiger partial charge in [0.25, 0.3) is 5.91 Å². The van der Waals surface area contributed by atoms with Gasteiger partial charge in [-0.05, 0) is 13.0 Å². The largest absolute Gasteiger partial charge is 0.480 e. The average Bonchev–Trinajstić information content (AvgIpc) is 2.73. The van der Waals surface area contributed by atoms with Crippen LogP contribution < -0.4 is 5.32 Å². The highest BCUT2D eigenvalue weighted by Gasteiger charge is 2.20. The zero-order valence-corrected chi connectivity index (χ0v) is 11.6. The number of aryl methyl sites for hydroxylation is 2. The fraction of sp³-hybridized carbons (Fsp3) is 0.286. The molecule has 0 radical (unpaired) electrons. The van der Waals surface area contributed by atoms with Gasteiger partial charge in [-0.15, -0.1) is 12.3 Å². The summed E-state index contributed by atoms with van der Waals surface area (Å²) in [6.45, 7) is 1.81. The number of terminal acetylenes is 1. The highest BCUT2D eigenvalue weighted by molar-refractivity contribution is 5.99. The van der Waals surface area contributed by atoms with E-state index in [0.717, 1.165) is 11.1 Å². The molecular weight excluding hydrogens is 272 g/mol. The van der Waals surface area contributed by atoms with Gasteiger partial charge in [-0.2, -0.15) is 5.10 Å². The number of nitrogens with one attached hydrogen (secondary N) is 1. The third-order valence-electron chi connectivity index (χ3n) is 3.05. The Hall–Kier alpha value is -2.88. The number of aromatic nitrogens is 3. The van der Waals surface area contributed by atoms with Gasteiger partial charge in [0, 0.05) is 25.1 Å². The summed E-state index contributed by atoms with van der Waals surface area (Å²) in [6, 6.07) is 0.516. The normalized spacial score (nSPS) is 11.9. The molecular formula is C14H14N4O3. The third-order valence-corrected chi connectivity index (χ3v) is 3.05. The number of nitrogens with zero attached hydrogens (tertiary/aromatic N) is 3. The van der Waals surface area contributed by atoms with Crippen molar-refractivity contribution in [2.75, 3.05) is 0 Å². The summed E-state index contributed by atoms with van der Waals surface area (Å²) >= 11 is 0. The summed E-state index contributed by atoms with van der Waals surface area (Å²) in [4.78, 5) is 27.2. The Balaban J connectivity index is 2.29. The summed E-state index contributed by atoms with van der Waals surface area (Å²) in [5, 5.41) is 16.3. The van der Waals surface area contributed by atoms with Crippen LogP contribution in [-0.4, -0.2) is 37.8 Å². The summed E-state index contributed by atoms with van der Waals surface area (Å²) in [5.74, 6) is 0.518. The van der Waals surface area contributed by atoms with Crippen molar-refractivity contribution >= 4 is 22.9 Å². The fourth-order valence-corrected chi connectivity index (χ4v) is 1.99. The molecule has 108 valence electrons. The lowest BCUT2D eigenvalue weighted by Gasteiger charge is -2.11. The first-order valence-corrected chi connectivity index (χ1v) is 6.20. The van der Waals surface area contributed by atoms with Crippen molar-refractivity contribution in [1.82, 2.24) is 20.1 Å². The summed E-state index contributed by atoms with van der Waals surface area (Å²) in [7, 11) is 1.76. The van der Waals surface area contributed by atoms with Crippen LogP contribution in [0.4, 0.5) is 0 Å². The van der Waals surface area contributed by atoms with E-state index < -0.39 is 17.9 Å². The molecule has 2 heterocycles. The van der Waals surface area contributed by atoms with Crippen LogP contribution in [-0.2, 0) is 11.8 Å². The minimum atomic E-state index is -1.17. The van der Waals surface area contributed by atoms with Crippen LogP contribution in [0.5, 0.6) is 0 Å². The maximum atomic E-state index is 12.1. The minimum absolute atomic E-state index is 0.0807. The van der Waals surface area contributed by atoms with Gasteiger partial charge in [0.15, 0.2) is 5.65 Å². The van der Waals surface area contributed by atoms with E-state index in [1.807, 2.05) is 6.92 Å².